The molecule has 1 aromatic rings. The lowest BCUT2D eigenvalue weighted by Crippen LogP contribution is -2.41. The number of aliphatic carboxylic acids is 1. The van der Waals surface area contributed by atoms with E-state index in [1.807, 2.05) is 0 Å². The Bertz CT molecular complexity index is 541. The SMILES string of the molecule is C=CCC[C@H](NC(=O)c1ccccc1C(F)(F)F)C(=O)O. The van der Waals surface area contributed by atoms with Gasteiger partial charge in [-0.05, 0) is 25.0 Å². The van der Waals surface area contributed by atoms with Gasteiger partial charge in [-0.25, -0.2) is 4.79 Å². The molecule has 1 aromatic carbocycles. The largest absolute Gasteiger partial charge is 0.480 e. The number of rotatable bonds is 6. The summed E-state index contributed by atoms with van der Waals surface area (Å²) in [5, 5.41) is 11.0. The second kappa shape index (κ2) is 6.92. The molecule has 7 heteroatoms. The van der Waals surface area contributed by atoms with E-state index in [4.69, 9.17) is 5.11 Å². The van der Waals surface area contributed by atoms with Gasteiger partial charge in [-0.2, -0.15) is 13.2 Å². The molecular weight excluding hydrogens is 287 g/mol. The second-order valence-corrected chi connectivity index (χ2v) is 4.27. The summed E-state index contributed by atoms with van der Waals surface area (Å²) >= 11 is 0. The van der Waals surface area contributed by atoms with Crippen LogP contribution in [0.2, 0.25) is 0 Å². The Balaban J connectivity index is 2.98. The first kappa shape index (κ1) is 16.7. The maximum absolute atomic E-state index is 12.8. The van der Waals surface area contributed by atoms with E-state index >= 15 is 0 Å². The third kappa shape index (κ3) is 4.62. The van der Waals surface area contributed by atoms with Crippen LogP contribution in [0.1, 0.15) is 28.8 Å². The number of allylic oxidation sites excluding steroid dienone is 1. The molecule has 0 aliphatic rings. The first-order chi connectivity index (χ1) is 9.77. The maximum atomic E-state index is 12.8. The van der Waals surface area contributed by atoms with Gasteiger partial charge in [0.05, 0.1) is 11.1 Å². The molecule has 0 radical (unpaired) electrons. The Kier molecular flexibility index (Phi) is 5.52. The summed E-state index contributed by atoms with van der Waals surface area (Å²) in [5.41, 5.74) is -1.70. The second-order valence-electron chi connectivity index (χ2n) is 4.27. The molecule has 0 heterocycles. The van der Waals surface area contributed by atoms with E-state index in [9.17, 15) is 22.8 Å². The van der Waals surface area contributed by atoms with Gasteiger partial charge in [0.15, 0.2) is 0 Å². The zero-order chi connectivity index (χ0) is 16.0. The van der Waals surface area contributed by atoms with Crippen LogP contribution in [0.25, 0.3) is 0 Å². The molecule has 0 unspecified atom stereocenters. The molecule has 0 saturated carbocycles. The number of carboxylic acid groups (broad SMARTS) is 1. The van der Waals surface area contributed by atoms with Gasteiger partial charge >= 0.3 is 12.1 Å². The van der Waals surface area contributed by atoms with Gasteiger partial charge < -0.3 is 10.4 Å². The number of hydrogen-bond acceptors (Lipinski definition) is 2. The van der Waals surface area contributed by atoms with Crippen molar-refractivity contribution in [3.05, 3.63) is 48.0 Å². The predicted octanol–water partition coefficient (Wildman–Crippen LogP) is 2.85. The Morgan fingerprint density at radius 2 is 1.95 bits per heavy atom. The number of benzene rings is 1. The quantitative estimate of drug-likeness (QED) is 0.794. The van der Waals surface area contributed by atoms with Crippen molar-refractivity contribution in [2.45, 2.75) is 25.1 Å². The van der Waals surface area contributed by atoms with Gasteiger partial charge in [0.2, 0.25) is 0 Å². The van der Waals surface area contributed by atoms with Gasteiger partial charge in [0.25, 0.3) is 5.91 Å². The summed E-state index contributed by atoms with van der Waals surface area (Å²) in [7, 11) is 0. The van der Waals surface area contributed by atoms with E-state index in [1.54, 1.807) is 0 Å². The molecule has 1 atom stereocenters. The van der Waals surface area contributed by atoms with Crippen LogP contribution in [0.5, 0.6) is 0 Å². The molecule has 114 valence electrons. The summed E-state index contributed by atoms with van der Waals surface area (Å²) in [6, 6.07) is 2.95. The predicted molar refractivity (Wildman–Crippen MR) is 69.8 cm³/mol. The van der Waals surface area contributed by atoms with Crippen LogP contribution in [0.4, 0.5) is 13.2 Å². The number of alkyl halides is 3. The van der Waals surface area contributed by atoms with Crippen molar-refractivity contribution in [3.8, 4) is 0 Å². The van der Waals surface area contributed by atoms with Crippen molar-refractivity contribution in [2.75, 3.05) is 0 Å². The molecule has 0 aliphatic carbocycles. The number of halogens is 3. The van der Waals surface area contributed by atoms with E-state index in [2.05, 4.69) is 11.9 Å². The fraction of sp³-hybridized carbons (Fsp3) is 0.286. The molecule has 1 amide bonds. The fourth-order valence-corrected chi connectivity index (χ4v) is 1.71. The summed E-state index contributed by atoms with van der Waals surface area (Å²) in [5.74, 6) is -2.38. The molecule has 1 rings (SSSR count). The van der Waals surface area contributed by atoms with Crippen molar-refractivity contribution >= 4 is 11.9 Å². The molecule has 0 aromatic heterocycles. The van der Waals surface area contributed by atoms with Crippen molar-refractivity contribution in [1.82, 2.24) is 5.32 Å². The summed E-state index contributed by atoms with van der Waals surface area (Å²) in [6.45, 7) is 3.42. The number of amides is 1. The van der Waals surface area contributed by atoms with Crippen LogP contribution < -0.4 is 5.32 Å². The van der Waals surface area contributed by atoms with Crippen LogP contribution in [-0.2, 0) is 11.0 Å². The van der Waals surface area contributed by atoms with Crippen LogP contribution in [0.15, 0.2) is 36.9 Å². The number of carbonyl (C=O) groups excluding carboxylic acids is 1. The summed E-state index contributed by atoms with van der Waals surface area (Å²) in [4.78, 5) is 22.9. The topological polar surface area (TPSA) is 66.4 Å². The Labute approximate surface area is 119 Å². The highest BCUT2D eigenvalue weighted by Gasteiger charge is 2.35. The number of carbonyl (C=O) groups is 2. The maximum Gasteiger partial charge on any atom is 0.417 e. The van der Waals surface area contributed by atoms with Gasteiger partial charge in [-0.1, -0.05) is 18.2 Å². The molecular formula is C14H14F3NO3. The third-order valence-corrected chi connectivity index (χ3v) is 2.74. The smallest absolute Gasteiger partial charge is 0.417 e. The van der Waals surface area contributed by atoms with Crippen molar-refractivity contribution in [3.63, 3.8) is 0 Å². The molecule has 0 aliphatic heterocycles. The zero-order valence-corrected chi connectivity index (χ0v) is 11.0. The standard InChI is InChI=1S/C14H14F3NO3/c1-2-3-8-11(13(20)21)18-12(19)9-6-4-5-7-10(9)14(15,16)17/h2,4-7,11H,1,3,8H2,(H,18,19)(H,20,21)/t11-/m0/s1. The Morgan fingerprint density at radius 3 is 2.48 bits per heavy atom. The third-order valence-electron chi connectivity index (χ3n) is 2.74. The lowest BCUT2D eigenvalue weighted by molar-refractivity contribution is -0.139. The Morgan fingerprint density at radius 1 is 1.33 bits per heavy atom. The monoisotopic (exact) mass is 301 g/mol. The summed E-state index contributed by atoms with van der Waals surface area (Å²) in [6.07, 6.45) is -2.85. The lowest BCUT2D eigenvalue weighted by atomic mass is 10.1. The van der Waals surface area contributed by atoms with Crippen LogP contribution in [0.3, 0.4) is 0 Å². The minimum atomic E-state index is -4.69. The van der Waals surface area contributed by atoms with Crippen LogP contribution in [-0.4, -0.2) is 23.0 Å². The molecule has 21 heavy (non-hydrogen) atoms. The number of carboxylic acids is 1. The summed E-state index contributed by atoms with van der Waals surface area (Å²) < 4.78 is 38.4. The van der Waals surface area contributed by atoms with Gasteiger partial charge in [0.1, 0.15) is 6.04 Å². The van der Waals surface area contributed by atoms with Gasteiger partial charge in [0, 0.05) is 0 Å². The fourth-order valence-electron chi connectivity index (χ4n) is 1.71. The highest BCUT2D eigenvalue weighted by molar-refractivity contribution is 5.98. The number of hydrogen-bond donors (Lipinski definition) is 2. The molecule has 0 fully saturated rings. The highest BCUT2D eigenvalue weighted by atomic mass is 19.4. The van der Waals surface area contributed by atoms with E-state index in [0.717, 1.165) is 18.2 Å². The average Bonchev–Trinajstić information content (AvgIpc) is 2.42. The first-order valence-electron chi connectivity index (χ1n) is 6.08. The minimum absolute atomic E-state index is 0.0543. The lowest BCUT2D eigenvalue weighted by Gasteiger charge is -2.16. The molecule has 0 spiro atoms. The normalized spacial score (nSPS) is 12.5. The average molecular weight is 301 g/mol. The van der Waals surface area contributed by atoms with Gasteiger partial charge in [-0.15, -0.1) is 6.58 Å². The van der Waals surface area contributed by atoms with Crippen LogP contribution in [0, 0.1) is 0 Å². The van der Waals surface area contributed by atoms with E-state index in [-0.39, 0.29) is 6.42 Å². The minimum Gasteiger partial charge on any atom is -0.480 e. The van der Waals surface area contributed by atoms with E-state index in [1.165, 1.54) is 12.1 Å². The Hall–Kier alpha value is -2.31. The van der Waals surface area contributed by atoms with E-state index < -0.39 is 35.2 Å². The molecule has 0 bridgehead atoms. The van der Waals surface area contributed by atoms with Crippen molar-refractivity contribution in [1.29, 1.82) is 0 Å². The zero-order valence-electron chi connectivity index (χ0n) is 11.0. The molecule has 4 nitrogen and oxygen atoms in total. The first-order valence-corrected chi connectivity index (χ1v) is 6.08. The number of nitrogens with one attached hydrogen (secondary N) is 1. The van der Waals surface area contributed by atoms with Crippen molar-refractivity contribution < 1.29 is 27.9 Å². The van der Waals surface area contributed by atoms with Crippen LogP contribution >= 0.6 is 0 Å². The van der Waals surface area contributed by atoms with E-state index in [0.29, 0.717) is 6.42 Å². The van der Waals surface area contributed by atoms with Crippen molar-refractivity contribution in [2.24, 2.45) is 0 Å². The van der Waals surface area contributed by atoms with Gasteiger partial charge in [-0.3, -0.25) is 4.79 Å². The molecule has 0 saturated heterocycles. The molecule has 2 N–H and O–H groups in total. The highest BCUT2D eigenvalue weighted by Crippen LogP contribution is 2.31.